The van der Waals surface area contributed by atoms with E-state index in [1.165, 1.54) is 11.3 Å². The fourth-order valence-electron chi connectivity index (χ4n) is 3.93. The van der Waals surface area contributed by atoms with Gasteiger partial charge in [-0.25, -0.2) is 17.7 Å². The Balaban J connectivity index is 1.41. The zero-order valence-electron chi connectivity index (χ0n) is 18.3. The van der Waals surface area contributed by atoms with Crippen molar-refractivity contribution in [3.05, 3.63) is 64.6 Å². The number of anilines is 1. The van der Waals surface area contributed by atoms with Gasteiger partial charge in [0.1, 0.15) is 11.4 Å². The Morgan fingerprint density at radius 1 is 1.11 bits per heavy atom. The number of benzene rings is 2. The Hall–Kier alpha value is -2.96. The predicted octanol–water partition coefficient (Wildman–Crippen LogP) is 4.84. The quantitative estimate of drug-likeness (QED) is 0.480. The van der Waals surface area contributed by atoms with E-state index in [0.717, 1.165) is 15.4 Å². The Morgan fingerprint density at radius 3 is 2.43 bits per heavy atom. The highest BCUT2D eigenvalue weighted by Gasteiger charge is 2.39. The minimum Gasteiger partial charge on any atom is -0.508 e. The molecule has 35 heavy (non-hydrogen) atoms. The monoisotopic (exact) mass is 525 g/mol. The maximum Gasteiger partial charge on any atom is 0.404 e. The van der Waals surface area contributed by atoms with Gasteiger partial charge in [0, 0.05) is 35.6 Å². The summed E-state index contributed by atoms with van der Waals surface area (Å²) in [7, 11) is -4.41. The van der Waals surface area contributed by atoms with Crippen molar-refractivity contribution in [3.8, 4) is 16.9 Å². The van der Waals surface area contributed by atoms with E-state index in [9.17, 15) is 31.5 Å². The normalized spacial score (nSPS) is 15.7. The number of nitrogens with one attached hydrogen (secondary N) is 1. The van der Waals surface area contributed by atoms with Crippen molar-refractivity contribution in [3.63, 3.8) is 0 Å². The van der Waals surface area contributed by atoms with Gasteiger partial charge in [-0.3, -0.25) is 4.79 Å². The van der Waals surface area contributed by atoms with Gasteiger partial charge in [0.2, 0.25) is 10.0 Å². The van der Waals surface area contributed by atoms with Crippen LogP contribution in [0.5, 0.6) is 5.75 Å². The maximum atomic E-state index is 12.9. The van der Waals surface area contributed by atoms with Crippen LogP contribution in [-0.4, -0.2) is 53.7 Å². The zero-order chi connectivity index (χ0) is 25.2. The summed E-state index contributed by atoms with van der Waals surface area (Å²) >= 11 is 1.27. The van der Waals surface area contributed by atoms with Gasteiger partial charge in [0.15, 0.2) is 5.75 Å². The van der Waals surface area contributed by atoms with Crippen LogP contribution in [0.4, 0.5) is 18.9 Å². The van der Waals surface area contributed by atoms with Gasteiger partial charge >= 0.3 is 6.18 Å². The number of phenolic OH excluding ortho intramolecular Hbond substituents is 1. The van der Waals surface area contributed by atoms with E-state index in [0.29, 0.717) is 23.5 Å². The molecule has 2 N–H and O–H groups in total. The molecule has 2 aromatic carbocycles. The lowest BCUT2D eigenvalue weighted by molar-refractivity contribution is -0.107. The van der Waals surface area contributed by atoms with Gasteiger partial charge in [-0.1, -0.05) is 30.3 Å². The number of aromatic nitrogens is 1. The van der Waals surface area contributed by atoms with Gasteiger partial charge in [0.05, 0.1) is 5.01 Å². The summed E-state index contributed by atoms with van der Waals surface area (Å²) in [6.45, 7) is -0.0472. The third-order valence-electron chi connectivity index (χ3n) is 5.65. The first kappa shape index (κ1) is 25.1. The highest BCUT2D eigenvalue weighted by Crippen LogP contribution is 2.33. The Labute approximate surface area is 204 Å². The average Bonchev–Trinajstić information content (AvgIpc) is 3.29. The highest BCUT2D eigenvalue weighted by atomic mass is 32.2. The van der Waals surface area contributed by atoms with Crippen molar-refractivity contribution in [2.75, 3.05) is 24.2 Å². The van der Waals surface area contributed by atoms with Crippen molar-refractivity contribution < 1.29 is 31.5 Å². The summed E-state index contributed by atoms with van der Waals surface area (Å²) < 4.78 is 62.5. The van der Waals surface area contributed by atoms with Crippen LogP contribution in [-0.2, 0) is 10.0 Å². The molecule has 1 aliphatic heterocycles. The van der Waals surface area contributed by atoms with E-state index in [1.54, 1.807) is 41.8 Å². The standard InChI is InChI=1S/C23H22F3N3O4S2/c24-23(25,26)14-35(32,33)29-11-9-16(10-12-29)22-28-20(13-34-22)21(31)27-19-4-2-1-3-18(19)15-5-7-17(30)8-6-15/h1-8,13,16,30H,9-12,14H2,(H,27,31). The first-order chi connectivity index (χ1) is 16.5. The summed E-state index contributed by atoms with van der Waals surface area (Å²) in [6, 6.07) is 13.8. The molecular weight excluding hydrogens is 503 g/mol. The molecular formula is C23H22F3N3O4S2. The van der Waals surface area contributed by atoms with Crippen LogP contribution < -0.4 is 5.32 Å². The van der Waals surface area contributed by atoms with Crippen molar-refractivity contribution in [1.29, 1.82) is 0 Å². The maximum absolute atomic E-state index is 12.9. The molecule has 186 valence electrons. The number of phenols is 1. The largest absolute Gasteiger partial charge is 0.508 e. The number of hydrogen-bond acceptors (Lipinski definition) is 6. The first-order valence-electron chi connectivity index (χ1n) is 10.7. The molecule has 0 bridgehead atoms. The van der Waals surface area contributed by atoms with Gasteiger partial charge in [0.25, 0.3) is 5.91 Å². The van der Waals surface area contributed by atoms with Crippen LogP contribution in [0.25, 0.3) is 11.1 Å². The zero-order valence-corrected chi connectivity index (χ0v) is 20.0. The van der Waals surface area contributed by atoms with E-state index in [-0.39, 0.29) is 30.5 Å². The molecule has 12 heteroatoms. The van der Waals surface area contributed by atoms with E-state index >= 15 is 0 Å². The van der Waals surface area contributed by atoms with Gasteiger partial charge in [-0.15, -0.1) is 11.3 Å². The van der Waals surface area contributed by atoms with Crippen LogP contribution in [0.15, 0.2) is 53.9 Å². The number of hydrogen-bond donors (Lipinski definition) is 2. The number of carbonyl (C=O) groups excluding carboxylic acids is 1. The lowest BCUT2D eigenvalue weighted by Gasteiger charge is -2.30. The van der Waals surface area contributed by atoms with E-state index in [1.807, 2.05) is 12.1 Å². The number of amides is 1. The van der Waals surface area contributed by atoms with Gasteiger partial charge < -0.3 is 10.4 Å². The van der Waals surface area contributed by atoms with Crippen LogP contribution in [0.2, 0.25) is 0 Å². The van der Waals surface area contributed by atoms with Crippen LogP contribution >= 0.6 is 11.3 Å². The molecule has 4 rings (SSSR count). The topological polar surface area (TPSA) is 99.6 Å². The molecule has 0 radical (unpaired) electrons. The minimum atomic E-state index is -4.78. The summed E-state index contributed by atoms with van der Waals surface area (Å²) in [6.07, 6.45) is -4.13. The van der Waals surface area contributed by atoms with Crippen LogP contribution in [0, 0.1) is 0 Å². The van der Waals surface area contributed by atoms with Crippen molar-refractivity contribution in [2.45, 2.75) is 24.9 Å². The molecule has 0 saturated carbocycles. The Morgan fingerprint density at radius 2 is 1.77 bits per heavy atom. The summed E-state index contributed by atoms with van der Waals surface area (Å²) in [5, 5.41) is 14.6. The summed E-state index contributed by atoms with van der Waals surface area (Å²) in [5.41, 5.74) is 2.35. The molecule has 7 nitrogen and oxygen atoms in total. The molecule has 1 aliphatic rings. The van der Waals surface area contributed by atoms with Gasteiger partial charge in [-0.05, 0) is 36.6 Å². The number of rotatable bonds is 6. The lowest BCUT2D eigenvalue weighted by Crippen LogP contribution is -2.42. The summed E-state index contributed by atoms with van der Waals surface area (Å²) in [4.78, 5) is 17.3. The molecule has 0 atom stereocenters. The summed E-state index contributed by atoms with van der Waals surface area (Å²) in [5.74, 6) is -2.28. The number of piperidine rings is 1. The molecule has 1 fully saturated rings. The third kappa shape index (κ3) is 6.19. The predicted molar refractivity (Wildman–Crippen MR) is 127 cm³/mol. The molecule has 0 unspecified atom stereocenters. The van der Waals surface area contributed by atoms with E-state index in [4.69, 9.17) is 0 Å². The van der Waals surface area contributed by atoms with Gasteiger partial charge in [-0.2, -0.15) is 13.2 Å². The van der Waals surface area contributed by atoms with E-state index in [2.05, 4.69) is 10.3 Å². The fourth-order valence-corrected chi connectivity index (χ4v) is 6.26. The molecule has 3 aromatic rings. The number of alkyl halides is 3. The van der Waals surface area contributed by atoms with Crippen molar-refractivity contribution >= 4 is 33.0 Å². The number of aromatic hydroxyl groups is 1. The molecule has 1 amide bonds. The van der Waals surface area contributed by atoms with Crippen molar-refractivity contribution in [1.82, 2.24) is 9.29 Å². The number of carbonyl (C=O) groups is 1. The highest BCUT2D eigenvalue weighted by molar-refractivity contribution is 7.89. The second-order valence-corrected chi connectivity index (χ2v) is 11.0. The minimum absolute atomic E-state index is 0.0236. The number of sulfonamides is 1. The molecule has 0 spiro atoms. The number of halogens is 3. The molecule has 2 heterocycles. The fraction of sp³-hybridized carbons (Fsp3) is 0.304. The van der Waals surface area contributed by atoms with E-state index < -0.39 is 27.9 Å². The van der Waals surface area contributed by atoms with Crippen LogP contribution in [0.1, 0.15) is 34.3 Å². The Bertz CT molecular complexity index is 1300. The SMILES string of the molecule is O=C(Nc1ccccc1-c1ccc(O)cc1)c1csc(C2CCN(S(=O)(=O)CC(F)(F)F)CC2)n1. The van der Waals surface area contributed by atoms with Crippen LogP contribution in [0.3, 0.4) is 0 Å². The number of nitrogens with zero attached hydrogens (tertiary/aromatic N) is 2. The smallest absolute Gasteiger partial charge is 0.404 e. The molecule has 0 aliphatic carbocycles. The lowest BCUT2D eigenvalue weighted by atomic mass is 9.99. The van der Waals surface area contributed by atoms with Crippen molar-refractivity contribution in [2.24, 2.45) is 0 Å². The number of para-hydroxylation sites is 1. The molecule has 1 aromatic heterocycles. The first-order valence-corrected chi connectivity index (χ1v) is 13.2. The Kier molecular flexibility index (Phi) is 7.15. The molecule has 1 saturated heterocycles. The number of thiazole rings is 1. The third-order valence-corrected chi connectivity index (χ3v) is 8.50. The second-order valence-electron chi connectivity index (χ2n) is 8.16. The second kappa shape index (κ2) is 9.96. The average molecular weight is 526 g/mol.